The van der Waals surface area contributed by atoms with Crippen LogP contribution in [-0.4, -0.2) is 11.9 Å². The molecule has 1 N–H and O–H groups in total. The van der Waals surface area contributed by atoms with E-state index in [2.05, 4.69) is 5.32 Å². The van der Waals surface area contributed by atoms with Gasteiger partial charge in [0.15, 0.2) is 0 Å². The molecule has 0 radical (unpaired) electrons. The summed E-state index contributed by atoms with van der Waals surface area (Å²) in [5.74, 6) is -2.52. The largest absolute Gasteiger partial charge is 0.550 e. The Morgan fingerprint density at radius 3 is 2.04 bits per heavy atom. The summed E-state index contributed by atoms with van der Waals surface area (Å²) in [6, 6.07) is 17.6. The predicted octanol–water partition coefficient (Wildman–Crippen LogP) is 2.85. The van der Waals surface area contributed by atoms with Crippen molar-refractivity contribution in [3.63, 3.8) is 0 Å². The third kappa shape index (κ3) is 3.65. The number of anilines is 1. The van der Waals surface area contributed by atoms with Crippen LogP contribution in [0.4, 0.5) is 5.69 Å². The molecule has 0 heterocycles. The Morgan fingerprint density at radius 2 is 1.42 bits per heavy atom. The molecule has 1 aliphatic rings. The number of rotatable bonds is 4. The van der Waals surface area contributed by atoms with Gasteiger partial charge in [0.25, 0.3) is 0 Å². The monoisotopic (exact) mass is 322 g/mol. The van der Waals surface area contributed by atoms with Crippen LogP contribution in [0.2, 0.25) is 0 Å². The fourth-order valence-corrected chi connectivity index (χ4v) is 3.34. The maximum atomic E-state index is 12.4. The number of carboxylic acid groups (broad SMARTS) is 1. The fourth-order valence-electron chi connectivity index (χ4n) is 3.34. The van der Waals surface area contributed by atoms with Crippen molar-refractivity contribution in [2.24, 2.45) is 11.8 Å². The van der Waals surface area contributed by atoms with Crippen molar-refractivity contribution in [2.75, 3.05) is 5.32 Å². The molecule has 2 atom stereocenters. The number of amides is 1. The molecule has 1 aliphatic carbocycles. The van der Waals surface area contributed by atoms with E-state index < -0.39 is 17.8 Å². The van der Waals surface area contributed by atoms with Gasteiger partial charge < -0.3 is 15.2 Å². The van der Waals surface area contributed by atoms with Crippen LogP contribution in [-0.2, 0) is 9.59 Å². The number of hydrogen-bond donors (Lipinski definition) is 1. The van der Waals surface area contributed by atoms with Gasteiger partial charge in [-0.1, -0.05) is 55.3 Å². The molecule has 0 spiro atoms. The minimum atomic E-state index is -1.12. The summed E-state index contributed by atoms with van der Waals surface area (Å²) in [7, 11) is 0. The lowest BCUT2D eigenvalue weighted by atomic mass is 9.78. The number of hydrogen-bond acceptors (Lipinski definition) is 3. The first-order chi connectivity index (χ1) is 11.6. The van der Waals surface area contributed by atoms with E-state index in [9.17, 15) is 14.7 Å². The van der Waals surface area contributed by atoms with Gasteiger partial charge in [0, 0.05) is 23.5 Å². The first kappa shape index (κ1) is 16.2. The van der Waals surface area contributed by atoms with E-state index in [1.165, 1.54) is 0 Å². The molecule has 2 aromatic rings. The Hall–Kier alpha value is -2.62. The van der Waals surface area contributed by atoms with Gasteiger partial charge in [-0.3, -0.25) is 4.79 Å². The van der Waals surface area contributed by atoms with Crippen LogP contribution >= 0.6 is 0 Å². The highest BCUT2D eigenvalue weighted by Gasteiger charge is 2.31. The summed E-state index contributed by atoms with van der Waals surface area (Å²) in [6.07, 6.45) is 2.85. The summed E-state index contributed by atoms with van der Waals surface area (Å²) < 4.78 is 0. The molecule has 0 aromatic heterocycles. The average Bonchev–Trinajstić information content (AvgIpc) is 2.63. The molecule has 0 saturated heterocycles. The maximum absolute atomic E-state index is 12.4. The fraction of sp³-hybridized carbons (Fsp3) is 0.300. The number of carbonyl (C=O) groups excluding carboxylic acids is 2. The highest BCUT2D eigenvalue weighted by atomic mass is 16.4. The number of aliphatic carboxylic acids is 1. The van der Waals surface area contributed by atoms with Crippen molar-refractivity contribution in [3.05, 3.63) is 54.6 Å². The molecule has 2 aromatic carbocycles. The zero-order chi connectivity index (χ0) is 16.9. The molecular formula is C20H20NO3-. The SMILES string of the molecule is O=C([O-])[C@@H]1CCCC[C@H]1C(=O)Nc1ccc(-c2ccccc2)cc1. The lowest BCUT2D eigenvalue weighted by molar-refractivity contribution is -0.313. The van der Waals surface area contributed by atoms with Gasteiger partial charge in [-0.05, 0) is 36.1 Å². The standard InChI is InChI=1S/C20H21NO3/c22-19(17-8-4-5-9-18(17)20(23)24)21-16-12-10-15(11-13-16)14-6-2-1-3-7-14/h1-3,6-7,10-13,17-18H,4-5,8-9H2,(H,21,22)(H,23,24)/p-1/t17-,18-/m1/s1. The van der Waals surface area contributed by atoms with Crippen molar-refractivity contribution < 1.29 is 14.7 Å². The van der Waals surface area contributed by atoms with Crippen LogP contribution in [0.15, 0.2) is 54.6 Å². The van der Waals surface area contributed by atoms with Crippen molar-refractivity contribution in [1.29, 1.82) is 0 Å². The third-order valence-electron chi connectivity index (χ3n) is 4.67. The highest BCUT2D eigenvalue weighted by Crippen LogP contribution is 2.31. The smallest absolute Gasteiger partial charge is 0.228 e. The van der Waals surface area contributed by atoms with Crippen LogP contribution in [0.5, 0.6) is 0 Å². The number of carboxylic acids is 1. The van der Waals surface area contributed by atoms with E-state index >= 15 is 0 Å². The van der Waals surface area contributed by atoms with Crippen LogP contribution < -0.4 is 10.4 Å². The number of nitrogens with one attached hydrogen (secondary N) is 1. The quantitative estimate of drug-likeness (QED) is 0.941. The zero-order valence-electron chi connectivity index (χ0n) is 13.4. The summed E-state index contributed by atoms with van der Waals surface area (Å²) >= 11 is 0. The van der Waals surface area contributed by atoms with E-state index in [0.29, 0.717) is 18.5 Å². The molecule has 4 nitrogen and oxygen atoms in total. The molecule has 124 valence electrons. The highest BCUT2D eigenvalue weighted by molar-refractivity contribution is 5.95. The lowest BCUT2D eigenvalue weighted by Crippen LogP contribution is -2.42. The molecule has 24 heavy (non-hydrogen) atoms. The van der Waals surface area contributed by atoms with Crippen LogP contribution in [0, 0.1) is 11.8 Å². The van der Waals surface area contributed by atoms with Crippen LogP contribution in [0.1, 0.15) is 25.7 Å². The molecule has 1 fully saturated rings. The number of benzene rings is 2. The molecule has 1 saturated carbocycles. The molecule has 0 aliphatic heterocycles. The summed E-state index contributed by atoms with van der Waals surface area (Å²) in [5.41, 5.74) is 2.86. The van der Waals surface area contributed by atoms with E-state index in [4.69, 9.17) is 0 Å². The molecule has 1 amide bonds. The predicted molar refractivity (Wildman–Crippen MR) is 91.0 cm³/mol. The van der Waals surface area contributed by atoms with Crippen LogP contribution in [0.3, 0.4) is 0 Å². The van der Waals surface area contributed by atoms with Crippen LogP contribution in [0.25, 0.3) is 11.1 Å². The van der Waals surface area contributed by atoms with Gasteiger partial charge in [-0.15, -0.1) is 0 Å². The summed E-state index contributed by atoms with van der Waals surface area (Å²) in [6.45, 7) is 0. The lowest BCUT2D eigenvalue weighted by Gasteiger charge is -2.31. The first-order valence-corrected chi connectivity index (χ1v) is 8.32. The van der Waals surface area contributed by atoms with Crippen molar-refractivity contribution >= 4 is 17.6 Å². The molecule has 0 bridgehead atoms. The second kappa shape index (κ2) is 7.30. The Bertz CT molecular complexity index is 709. The van der Waals surface area contributed by atoms with Gasteiger partial charge in [0.05, 0.1) is 0 Å². The zero-order valence-corrected chi connectivity index (χ0v) is 13.4. The number of carbonyl (C=O) groups is 2. The Kier molecular flexibility index (Phi) is 4.94. The second-order valence-corrected chi connectivity index (χ2v) is 6.25. The average molecular weight is 322 g/mol. The summed E-state index contributed by atoms with van der Waals surface area (Å²) in [4.78, 5) is 23.7. The Balaban J connectivity index is 1.69. The minimum absolute atomic E-state index is 0.226. The Labute approximate surface area is 141 Å². The van der Waals surface area contributed by atoms with Crippen molar-refractivity contribution in [3.8, 4) is 11.1 Å². The molecule has 4 heteroatoms. The van der Waals surface area contributed by atoms with Gasteiger partial charge in [0.1, 0.15) is 0 Å². The van der Waals surface area contributed by atoms with Crippen molar-refractivity contribution in [1.82, 2.24) is 0 Å². The maximum Gasteiger partial charge on any atom is 0.228 e. The summed E-state index contributed by atoms with van der Waals surface area (Å²) in [5, 5.41) is 14.1. The van der Waals surface area contributed by atoms with Gasteiger partial charge >= 0.3 is 0 Å². The van der Waals surface area contributed by atoms with Gasteiger partial charge in [0.2, 0.25) is 5.91 Å². The topological polar surface area (TPSA) is 69.2 Å². The first-order valence-electron chi connectivity index (χ1n) is 8.32. The third-order valence-corrected chi connectivity index (χ3v) is 4.67. The van der Waals surface area contributed by atoms with Crippen molar-refractivity contribution in [2.45, 2.75) is 25.7 Å². The normalized spacial score (nSPS) is 20.3. The molecule has 0 unspecified atom stereocenters. The van der Waals surface area contributed by atoms with Gasteiger partial charge in [-0.25, -0.2) is 0 Å². The molecular weight excluding hydrogens is 302 g/mol. The van der Waals surface area contributed by atoms with E-state index in [0.717, 1.165) is 24.0 Å². The van der Waals surface area contributed by atoms with Gasteiger partial charge in [-0.2, -0.15) is 0 Å². The molecule has 3 rings (SSSR count). The van der Waals surface area contributed by atoms with E-state index in [1.807, 2.05) is 54.6 Å². The van der Waals surface area contributed by atoms with E-state index in [-0.39, 0.29) is 5.91 Å². The Morgan fingerprint density at radius 1 is 0.833 bits per heavy atom. The second-order valence-electron chi connectivity index (χ2n) is 6.25. The van der Waals surface area contributed by atoms with E-state index in [1.54, 1.807) is 0 Å². The minimum Gasteiger partial charge on any atom is -0.550 e.